The average molecular weight is 885 g/mol. The molecular formula is C47H56N4O13. The molecule has 6 rings (SSSR count). The molecule has 0 saturated heterocycles. The number of likely N-dealkylation sites (N-methyl/N-ethyl adjacent to an activating group) is 1. The van der Waals surface area contributed by atoms with Gasteiger partial charge in [0.1, 0.15) is 55.1 Å². The highest BCUT2D eigenvalue weighted by molar-refractivity contribution is 5.95. The summed E-state index contributed by atoms with van der Waals surface area (Å²) in [7, 11) is 10.5. The van der Waals surface area contributed by atoms with Crippen LogP contribution in [0.1, 0.15) is 23.6 Å². The molecular weight excluding hydrogens is 829 g/mol. The zero-order chi connectivity index (χ0) is 45.9. The van der Waals surface area contributed by atoms with Crippen molar-refractivity contribution < 1.29 is 61.8 Å². The molecule has 1 aliphatic carbocycles. The molecule has 1 atom stereocenters. The van der Waals surface area contributed by atoms with Gasteiger partial charge in [0.15, 0.2) is 6.61 Å². The maximum atomic E-state index is 13.1. The van der Waals surface area contributed by atoms with Gasteiger partial charge in [0.2, 0.25) is 6.79 Å². The average Bonchev–Trinajstić information content (AvgIpc) is 3.27. The molecule has 0 saturated carbocycles. The van der Waals surface area contributed by atoms with Crippen molar-refractivity contribution in [2.24, 2.45) is 0 Å². The molecule has 0 amide bonds. The van der Waals surface area contributed by atoms with Crippen LogP contribution in [0, 0.1) is 6.92 Å². The Morgan fingerprint density at radius 3 is 2.06 bits per heavy atom. The van der Waals surface area contributed by atoms with Gasteiger partial charge in [-0.3, -0.25) is 19.3 Å². The third-order valence-electron chi connectivity index (χ3n) is 10.5. The molecule has 3 aromatic carbocycles. The monoisotopic (exact) mass is 884 g/mol. The predicted octanol–water partition coefficient (Wildman–Crippen LogP) is 4.53. The minimum Gasteiger partial charge on any atom is -0.488 e. The lowest BCUT2D eigenvalue weighted by Gasteiger charge is -2.32. The number of allylic oxidation sites excluding steroid dienone is 1. The first-order valence-corrected chi connectivity index (χ1v) is 20.7. The van der Waals surface area contributed by atoms with Gasteiger partial charge >= 0.3 is 23.9 Å². The molecule has 0 spiro atoms. The third kappa shape index (κ3) is 11.6. The largest absolute Gasteiger partial charge is 0.488 e. The van der Waals surface area contributed by atoms with Crippen molar-refractivity contribution in [2.45, 2.75) is 19.9 Å². The number of carbonyl (C=O) groups excluding carboxylic acids is 4. The molecule has 2 aliphatic heterocycles. The second kappa shape index (κ2) is 21.6. The fraction of sp³-hybridized carbons (Fsp3) is 0.404. The van der Waals surface area contributed by atoms with Crippen LogP contribution in [0.3, 0.4) is 0 Å². The van der Waals surface area contributed by atoms with E-state index in [9.17, 15) is 19.2 Å². The molecule has 17 heteroatoms. The first-order valence-electron chi connectivity index (χ1n) is 20.7. The highest BCUT2D eigenvalue weighted by Crippen LogP contribution is 2.49. The summed E-state index contributed by atoms with van der Waals surface area (Å²) >= 11 is 0. The fourth-order valence-corrected chi connectivity index (χ4v) is 7.17. The summed E-state index contributed by atoms with van der Waals surface area (Å²) in [6.07, 6.45) is 6.10. The Balaban J connectivity index is 1.51. The molecule has 3 aliphatic rings. The van der Waals surface area contributed by atoms with Gasteiger partial charge in [-0.15, -0.1) is 0 Å². The SMILES string of the molecule is COC(=O)CN1CCOCCN(CC(=O)OC)c2cc(OCC(=O)OCOC(C)=O)c(C3=C4C=CC(N(C)C)C=C4Oc4cc(N(C)C)ccc43)cc2OCCOc2cc(C)ccc21. The van der Waals surface area contributed by atoms with Gasteiger partial charge in [-0.1, -0.05) is 18.2 Å². The number of hydrogen-bond acceptors (Lipinski definition) is 17. The molecule has 1 unspecified atom stereocenters. The van der Waals surface area contributed by atoms with E-state index < -0.39 is 37.3 Å². The Kier molecular flexibility index (Phi) is 15.8. The number of hydrogen-bond donors (Lipinski definition) is 0. The minimum atomic E-state index is -0.791. The van der Waals surface area contributed by atoms with Crippen LogP contribution in [0.4, 0.5) is 17.1 Å². The lowest BCUT2D eigenvalue weighted by molar-refractivity contribution is -0.167. The Labute approximate surface area is 373 Å². The number of nitrogens with zero attached hydrogens (tertiary/aromatic N) is 4. The summed E-state index contributed by atoms with van der Waals surface area (Å²) in [6, 6.07) is 15.1. The zero-order valence-corrected chi connectivity index (χ0v) is 37.6. The maximum absolute atomic E-state index is 13.1. The van der Waals surface area contributed by atoms with Crippen LogP contribution in [0.15, 0.2) is 78.1 Å². The maximum Gasteiger partial charge on any atom is 0.347 e. The first kappa shape index (κ1) is 46.8. The van der Waals surface area contributed by atoms with Gasteiger partial charge in [0.05, 0.1) is 38.8 Å². The quantitative estimate of drug-likeness (QED) is 0.141. The minimum absolute atomic E-state index is 0.0388. The van der Waals surface area contributed by atoms with E-state index in [0.29, 0.717) is 46.5 Å². The van der Waals surface area contributed by atoms with Crippen LogP contribution in [0.2, 0.25) is 0 Å². The van der Waals surface area contributed by atoms with Crippen molar-refractivity contribution >= 4 is 46.5 Å². The number of esters is 4. The molecule has 0 fully saturated rings. The molecule has 0 bridgehead atoms. The molecule has 0 aromatic heterocycles. The van der Waals surface area contributed by atoms with Crippen LogP contribution in [-0.4, -0.2) is 143 Å². The van der Waals surface area contributed by atoms with Crippen molar-refractivity contribution in [3.05, 3.63) is 94.8 Å². The predicted molar refractivity (Wildman–Crippen MR) is 238 cm³/mol. The number of anilines is 3. The molecule has 2 heterocycles. The van der Waals surface area contributed by atoms with E-state index in [1.807, 2.05) is 99.5 Å². The summed E-state index contributed by atoms with van der Waals surface area (Å²) in [4.78, 5) is 57.7. The smallest absolute Gasteiger partial charge is 0.347 e. The fourth-order valence-electron chi connectivity index (χ4n) is 7.17. The molecule has 17 nitrogen and oxygen atoms in total. The van der Waals surface area contributed by atoms with E-state index in [1.54, 1.807) is 11.0 Å². The van der Waals surface area contributed by atoms with Gasteiger partial charge < -0.3 is 57.3 Å². The van der Waals surface area contributed by atoms with Gasteiger partial charge in [-0.05, 0) is 63.0 Å². The summed E-state index contributed by atoms with van der Waals surface area (Å²) < 4.78 is 52.2. The van der Waals surface area contributed by atoms with Crippen molar-refractivity contribution in [3.63, 3.8) is 0 Å². The van der Waals surface area contributed by atoms with Gasteiger partial charge in [0.25, 0.3) is 0 Å². The van der Waals surface area contributed by atoms with Crippen LogP contribution < -0.4 is 33.6 Å². The van der Waals surface area contributed by atoms with Crippen molar-refractivity contribution in [3.8, 4) is 23.0 Å². The standard InChI is InChI=1S/C47H56N4O13/c1-30-9-14-37-42(21-30)59-19-20-60-43-24-36(47-34-12-10-32(48(3)4)22-40(34)64-41-23-33(49(5)6)11-13-35(41)47)39(61-28-46(55)63-29-62-31(2)52)25-38(43)51(27-45(54)57-8)16-18-58-17-15-50(37)26-44(53)56-7/h9-14,21-25,32H,15-20,26-29H2,1-8H3. The zero-order valence-electron chi connectivity index (χ0n) is 37.6. The second-order valence-electron chi connectivity index (χ2n) is 15.5. The van der Waals surface area contributed by atoms with E-state index in [0.717, 1.165) is 28.0 Å². The van der Waals surface area contributed by atoms with Crippen molar-refractivity contribution in [1.82, 2.24) is 4.90 Å². The first-order chi connectivity index (χ1) is 30.8. The van der Waals surface area contributed by atoms with Crippen LogP contribution in [0.5, 0.6) is 23.0 Å². The molecule has 3 aromatic rings. The van der Waals surface area contributed by atoms with E-state index in [1.165, 1.54) is 21.1 Å². The van der Waals surface area contributed by atoms with Gasteiger partial charge in [-0.25, -0.2) is 4.79 Å². The molecule has 0 N–H and O–H groups in total. The Morgan fingerprint density at radius 1 is 0.750 bits per heavy atom. The summed E-state index contributed by atoms with van der Waals surface area (Å²) in [5.74, 6) is 0.0152. The number of benzene rings is 3. The highest BCUT2D eigenvalue weighted by Gasteiger charge is 2.32. The Hall–Kier alpha value is -6.72. The Morgan fingerprint density at radius 2 is 1.42 bits per heavy atom. The summed E-state index contributed by atoms with van der Waals surface area (Å²) in [5.41, 5.74) is 5.76. The van der Waals surface area contributed by atoms with Gasteiger partial charge in [0, 0.05) is 80.2 Å². The lowest BCUT2D eigenvalue weighted by atomic mass is 9.86. The second-order valence-corrected chi connectivity index (χ2v) is 15.5. The highest BCUT2D eigenvalue weighted by atomic mass is 16.7. The number of fused-ring (bicyclic) bond motifs is 4. The Bertz CT molecular complexity index is 2300. The molecule has 342 valence electrons. The molecule has 0 radical (unpaired) electrons. The van der Waals surface area contributed by atoms with E-state index in [2.05, 4.69) is 11.0 Å². The topological polar surface area (TPSA) is 164 Å². The van der Waals surface area contributed by atoms with E-state index in [-0.39, 0.29) is 57.9 Å². The number of carbonyl (C=O) groups is 4. The van der Waals surface area contributed by atoms with E-state index in [4.69, 9.17) is 42.6 Å². The number of rotatable bonds is 12. The number of aryl methyl sites for hydroxylation is 1. The molecule has 64 heavy (non-hydrogen) atoms. The van der Waals surface area contributed by atoms with Crippen LogP contribution >= 0.6 is 0 Å². The van der Waals surface area contributed by atoms with Crippen molar-refractivity contribution in [2.75, 3.05) is 123 Å². The summed E-state index contributed by atoms with van der Waals surface area (Å²) in [6.45, 7) is 2.81. The van der Waals surface area contributed by atoms with Crippen LogP contribution in [0.25, 0.3) is 5.57 Å². The summed E-state index contributed by atoms with van der Waals surface area (Å²) in [5, 5.41) is 0. The normalized spacial score (nSPS) is 16.1. The number of methoxy groups -OCH3 is 2. The van der Waals surface area contributed by atoms with E-state index >= 15 is 0 Å². The van der Waals surface area contributed by atoms with Crippen LogP contribution in [-0.2, 0) is 42.9 Å². The number of ether oxygens (including phenoxy) is 9. The van der Waals surface area contributed by atoms with Crippen molar-refractivity contribution in [1.29, 1.82) is 0 Å². The third-order valence-corrected chi connectivity index (χ3v) is 10.5. The lowest BCUT2D eigenvalue weighted by Crippen LogP contribution is -2.36. The van der Waals surface area contributed by atoms with Gasteiger partial charge in [-0.2, -0.15) is 0 Å².